The number of halogens is 3. The number of ether oxygens (including phenoxy) is 2. The molecule has 0 aliphatic carbocycles. The molecule has 3 aromatic rings. The summed E-state index contributed by atoms with van der Waals surface area (Å²) in [6.07, 6.45) is -4.48. The average molecular weight is 431 g/mol. The second-order valence-electron chi connectivity index (χ2n) is 7.50. The van der Waals surface area contributed by atoms with E-state index in [1.807, 2.05) is 37.3 Å². The molecule has 0 radical (unpaired) electrons. The van der Waals surface area contributed by atoms with Gasteiger partial charge in [0.15, 0.2) is 0 Å². The molecule has 2 heterocycles. The molecule has 1 aliphatic rings. The lowest BCUT2D eigenvalue weighted by Gasteiger charge is -2.26. The van der Waals surface area contributed by atoms with Crippen molar-refractivity contribution in [3.8, 4) is 5.75 Å². The molecular formula is C23H24F3N3O2. The Bertz CT molecular complexity index is 1050. The predicted molar refractivity (Wildman–Crippen MR) is 114 cm³/mol. The lowest BCUT2D eigenvalue weighted by atomic mass is 10.1. The quantitative estimate of drug-likeness (QED) is 0.594. The molecule has 1 aliphatic heterocycles. The van der Waals surface area contributed by atoms with Gasteiger partial charge in [-0.2, -0.15) is 13.2 Å². The van der Waals surface area contributed by atoms with Crippen LogP contribution in [0.1, 0.15) is 11.3 Å². The van der Waals surface area contributed by atoms with Gasteiger partial charge in [0, 0.05) is 48.2 Å². The van der Waals surface area contributed by atoms with Crippen molar-refractivity contribution in [2.45, 2.75) is 13.1 Å². The number of fused-ring (bicyclic) bond motifs is 1. The number of anilines is 2. The van der Waals surface area contributed by atoms with Crippen LogP contribution in [0.25, 0.3) is 10.9 Å². The highest BCUT2D eigenvalue weighted by Gasteiger charge is 2.31. The number of nitrogens with zero attached hydrogens (tertiary/aromatic N) is 2. The smallest absolute Gasteiger partial charge is 0.416 e. The zero-order chi connectivity index (χ0) is 21.8. The first-order valence-electron chi connectivity index (χ1n) is 10.2. The van der Waals surface area contributed by atoms with Crippen LogP contribution < -0.4 is 10.1 Å². The van der Waals surface area contributed by atoms with Gasteiger partial charge in [-0.25, -0.2) is 0 Å². The zero-order valence-corrected chi connectivity index (χ0v) is 17.2. The van der Waals surface area contributed by atoms with Gasteiger partial charge in [0.05, 0.1) is 24.3 Å². The number of rotatable bonds is 6. The molecular weight excluding hydrogens is 407 g/mol. The Balaban J connectivity index is 1.57. The summed E-state index contributed by atoms with van der Waals surface area (Å²) in [5, 5.41) is 3.97. The number of para-hydroxylation sites is 1. The van der Waals surface area contributed by atoms with Crippen LogP contribution in [0.2, 0.25) is 0 Å². The molecule has 1 fully saturated rings. The summed E-state index contributed by atoms with van der Waals surface area (Å²) in [4.78, 5) is 6.65. The minimum atomic E-state index is -4.48. The molecule has 1 saturated heterocycles. The van der Waals surface area contributed by atoms with Crippen LogP contribution in [0, 0.1) is 6.92 Å². The number of hydrogen-bond donors (Lipinski definition) is 1. The summed E-state index contributed by atoms with van der Waals surface area (Å²) >= 11 is 0. The standard InChI is InChI=1S/C23H24F3N3O2/c1-16-12-22(20-4-2-3-5-21(20)27-16)28-18-13-17(23(24,25)26)14-19(15-18)31-11-8-29-6-9-30-10-7-29/h2-5,12-15H,6-11H2,1H3,(H,27,28). The second-order valence-corrected chi connectivity index (χ2v) is 7.50. The van der Waals surface area contributed by atoms with Crippen molar-refractivity contribution in [2.75, 3.05) is 44.8 Å². The van der Waals surface area contributed by atoms with Crippen LogP contribution in [-0.2, 0) is 10.9 Å². The maximum absolute atomic E-state index is 13.5. The topological polar surface area (TPSA) is 46.6 Å². The van der Waals surface area contributed by atoms with Gasteiger partial charge >= 0.3 is 6.18 Å². The Morgan fingerprint density at radius 1 is 1.10 bits per heavy atom. The molecule has 4 rings (SSSR count). The Morgan fingerprint density at radius 2 is 1.87 bits per heavy atom. The molecule has 0 saturated carbocycles. The fourth-order valence-electron chi connectivity index (χ4n) is 3.60. The van der Waals surface area contributed by atoms with Gasteiger partial charge in [-0.1, -0.05) is 18.2 Å². The van der Waals surface area contributed by atoms with Crippen LogP contribution in [0.3, 0.4) is 0 Å². The van der Waals surface area contributed by atoms with Crippen LogP contribution in [0.5, 0.6) is 5.75 Å². The van der Waals surface area contributed by atoms with Crippen molar-refractivity contribution in [1.82, 2.24) is 9.88 Å². The Kier molecular flexibility index (Phi) is 6.29. The zero-order valence-electron chi connectivity index (χ0n) is 17.2. The number of nitrogens with one attached hydrogen (secondary N) is 1. The van der Waals surface area contributed by atoms with E-state index in [4.69, 9.17) is 9.47 Å². The molecule has 1 N–H and O–H groups in total. The van der Waals surface area contributed by atoms with E-state index in [2.05, 4.69) is 15.2 Å². The van der Waals surface area contributed by atoms with Crippen molar-refractivity contribution in [3.63, 3.8) is 0 Å². The summed E-state index contributed by atoms with van der Waals surface area (Å²) in [6, 6.07) is 13.1. The van der Waals surface area contributed by atoms with Gasteiger partial charge in [0.25, 0.3) is 0 Å². The summed E-state index contributed by atoms with van der Waals surface area (Å²) in [5.41, 5.74) is 1.80. The third-order valence-electron chi connectivity index (χ3n) is 5.14. The summed E-state index contributed by atoms with van der Waals surface area (Å²) in [6.45, 7) is 5.72. The number of pyridine rings is 1. The highest BCUT2D eigenvalue weighted by Crippen LogP contribution is 2.36. The summed E-state index contributed by atoms with van der Waals surface area (Å²) in [5.74, 6) is 0.181. The van der Waals surface area contributed by atoms with E-state index in [1.165, 1.54) is 0 Å². The molecule has 0 unspecified atom stereocenters. The molecule has 8 heteroatoms. The minimum absolute atomic E-state index is 0.181. The Hall–Kier alpha value is -2.84. The fraction of sp³-hybridized carbons (Fsp3) is 0.348. The number of aromatic nitrogens is 1. The highest BCUT2D eigenvalue weighted by atomic mass is 19.4. The first kappa shape index (κ1) is 21.4. The van der Waals surface area contributed by atoms with E-state index < -0.39 is 11.7 Å². The highest BCUT2D eigenvalue weighted by molar-refractivity contribution is 5.93. The first-order valence-corrected chi connectivity index (χ1v) is 10.2. The Labute approximate surface area is 178 Å². The van der Waals surface area contributed by atoms with Crippen LogP contribution in [0.15, 0.2) is 48.5 Å². The SMILES string of the molecule is Cc1cc(Nc2cc(OCCN3CCOCC3)cc(C(F)(F)F)c2)c2ccccc2n1. The number of morpholine rings is 1. The van der Waals surface area contributed by atoms with E-state index >= 15 is 0 Å². The predicted octanol–water partition coefficient (Wildman–Crippen LogP) is 5.02. The summed E-state index contributed by atoms with van der Waals surface area (Å²) in [7, 11) is 0. The normalized spacial score (nSPS) is 15.2. The molecule has 5 nitrogen and oxygen atoms in total. The molecule has 164 valence electrons. The molecule has 0 atom stereocenters. The lowest BCUT2D eigenvalue weighted by molar-refractivity contribution is -0.137. The van der Waals surface area contributed by atoms with Gasteiger partial charge in [0.2, 0.25) is 0 Å². The molecule has 1 aromatic heterocycles. The van der Waals surface area contributed by atoms with E-state index in [-0.39, 0.29) is 5.75 Å². The average Bonchev–Trinajstić information content (AvgIpc) is 2.74. The molecule has 0 amide bonds. The fourth-order valence-corrected chi connectivity index (χ4v) is 3.60. The Morgan fingerprint density at radius 3 is 2.65 bits per heavy atom. The van der Waals surface area contributed by atoms with E-state index in [1.54, 1.807) is 6.07 Å². The first-order chi connectivity index (χ1) is 14.9. The second kappa shape index (κ2) is 9.11. The van der Waals surface area contributed by atoms with Gasteiger partial charge in [-0.15, -0.1) is 0 Å². The molecule has 0 bridgehead atoms. The summed E-state index contributed by atoms with van der Waals surface area (Å²) < 4.78 is 51.5. The van der Waals surface area contributed by atoms with Crippen molar-refractivity contribution in [3.05, 3.63) is 59.8 Å². The maximum atomic E-state index is 13.5. The van der Waals surface area contributed by atoms with Gasteiger partial charge in [-0.05, 0) is 31.2 Å². The molecule has 2 aromatic carbocycles. The van der Waals surface area contributed by atoms with Crippen molar-refractivity contribution in [1.29, 1.82) is 0 Å². The van der Waals surface area contributed by atoms with Crippen molar-refractivity contribution >= 4 is 22.3 Å². The number of aryl methyl sites for hydroxylation is 1. The third-order valence-corrected chi connectivity index (χ3v) is 5.14. The van der Waals surface area contributed by atoms with Gasteiger partial charge < -0.3 is 14.8 Å². The minimum Gasteiger partial charge on any atom is -0.492 e. The number of alkyl halides is 3. The number of hydrogen-bond acceptors (Lipinski definition) is 5. The lowest BCUT2D eigenvalue weighted by Crippen LogP contribution is -2.38. The van der Waals surface area contributed by atoms with E-state index in [0.717, 1.165) is 41.8 Å². The third kappa shape index (κ3) is 5.45. The molecule has 0 spiro atoms. The van der Waals surface area contributed by atoms with Crippen molar-refractivity contribution in [2.24, 2.45) is 0 Å². The van der Waals surface area contributed by atoms with Gasteiger partial charge in [0.1, 0.15) is 12.4 Å². The maximum Gasteiger partial charge on any atom is 0.416 e. The monoisotopic (exact) mass is 431 g/mol. The number of benzene rings is 2. The van der Waals surface area contributed by atoms with Crippen molar-refractivity contribution < 1.29 is 22.6 Å². The van der Waals surface area contributed by atoms with Crippen LogP contribution in [-0.4, -0.2) is 49.3 Å². The largest absolute Gasteiger partial charge is 0.492 e. The van der Waals surface area contributed by atoms with Crippen LogP contribution in [0.4, 0.5) is 24.5 Å². The van der Waals surface area contributed by atoms with Crippen LogP contribution >= 0.6 is 0 Å². The van der Waals surface area contributed by atoms with E-state index in [9.17, 15) is 13.2 Å². The van der Waals surface area contributed by atoms with E-state index in [0.29, 0.717) is 37.7 Å². The molecule has 31 heavy (non-hydrogen) atoms. The van der Waals surface area contributed by atoms with Gasteiger partial charge in [-0.3, -0.25) is 9.88 Å².